The van der Waals surface area contributed by atoms with Gasteiger partial charge in [0.05, 0.1) is 11.4 Å². The normalized spacial score (nSPS) is 11.1. The molecule has 0 unspecified atom stereocenters. The Morgan fingerprint density at radius 2 is 0.639 bits per heavy atom. The molecule has 0 aliphatic heterocycles. The van der Waals surface area contributed by atoms with Gasteiger partial charge in [-0.1, -0.05) is 194 Å². The predicted molar refractivity (Wildman–Crippen MR) is 258 cm³/mol. The van der Waals surface area contributed by atoms with Gasteiger partial charge in [0.1, 0.15) is 0 Å². The summed E-state index contributed by atoms with van der Waals surface area (Å²) in [7, 11) is 0. The van der Waals surface area contributed by atoms with Crippen LogP contribution in [0.15, 0.2) is 254 Å². The second-order valence-electron chi connectivity index (χ2n) is 15.0. The predicted octanol–water partition coefficient (Wildman–Crippen LogP) is 13.9. The van der Waals surface area contributed by atoms with Crippen molar-refractivity contribution in [2.75, 3.05) is 14.8 Å². The summed E-state index contributed by atoms with van der Waals surface area (Å²) >= 11 is 0. The van der Waals surface area contributed by atoms with Gasteiger partial charge in [0.15, 0.2) is 0 Å². The number of anilines is 4. The van der Waals surface area contributed by atoms with Gasteiger partial charge in [-0.2, -0.15) is 5.10 Å². The van der Waals surface area contributed by atoms with Crippen LogP contribution in [-0.2, 0) is 26.2 Å². The number of hydrogen-bond acceptors (Lipinski definition) is 4. The third kappa shape index (κ3) is 11.3. The first kappa shape index (κ1) is 40.1. The van der Waals surface area contributed by atoms with Gasteiger partial charge >= 0.3 is 0 Å². The zero-order valence-corrected chi connectivity index (χ0v) is 34.4. The Morgan fingerprint density at radius 1 is 0.328 bits per heavy atom. The number of hydrogen-bond donors (Lipinski definition) is 0. The van der Waals surface area contributed by atoms with E-state index in [1.165, 1.54) is 33.6 Å². The van der Waals surface area contributed by atoms with Crippen molar-refractivity contribution in [2.45, 2.75) is 26.2 Å². The number of hydrazone groups is 1. The SMILES string of the molecule is C(=CC=C(c1ccc(N(Cc2ccccc2)Cc2ccccc2)cc1)c1ccc(N(Cc2ccccc2)Cc2ccccc2)cc1)C=NN(c1ccccc1)c1ccccc1. The maximum atomic E-state index is 4.89. The van der Waals surface area contributed by atoms with Crippen LogP contribution in [0.3, 0.4) is 0 Å². The minimum Gasteiger partial charge on any atom is -0.363 e. The number of rotatable bonds is 17. The molecule has 0 amide bonds. The molecule has 0 aliphatic rings. The Bertz CT molecular complexity index is 2340. The molecule has 0 fully saturated rings. The van der Waals surface area contributed by atoms with E-state index in [1.807, 2.05) is 53.7 Å². The van der Waals surface area contributed by atoms with Crippen molar-refractivity contribution in [1.82, 2.24) is 0 Å². The van der Waals surface area contributed by atoms with E-state index >= 15 is 0 Å². The van der Waals surface area contributed by atoms with Crippen LogP contribution in [0.4, 0.5) is 22.7 Å². The molecule has 0 atom stereocenters. The topological polar surface area (TPSA) is 22.1 Å². The number of para-hydroxylation sites is 2. The Balaban J connectivity index is 1.11. The summed E-state index contributed by atoms with van der Waals surface area (Å²) in [5, 5.41) is 6.85. The maximum absolute atomic E-state index is 4.89. The third-order valence-corrected chi connectivity index (χ3v) is 10.6. The highest BCUT2D eigenvalue weighted by Gasteiger charge is 2.13. The van der Waals surface area contributed by atoms with E-state index in [-0.39, 0.29) is 0 Å². The molecule has 0 heterocycles. The molecule has 0 spiro atoms. The van der Waals surface area contributed by atoms with Gasteiger partial charge in [0, 0.05) is 43.8 Å². The van der Waals surface area contributed by atoms with Gasteiger partial charge in [-0.3, -0.25) is 0 Å². The quantitative estimate of drug-likeness (QED) is 0.0521. The molecule has 61 heavy (non-hydrogen) atoms. The molecular formula is C57H50N4. The molecule has 0 bridgehead atoms. The molecule has 0 aliphatic carbocycles. The Labute approximate surface area is 361 Å². The summed E-state index contributed by atoms with van der Waals surface area (Å²) in [5.74, 6) is 0. The molecule has 8 rings (SSSR count). The summed E-state index contributed by atoms with van der Waals surface area (Å²) in [6.45, 7) is 3.25. The average Bonchev–Trinajstić information content (AvgIpc) is 3.33. The molecule has 8 aromatic carbocycles. The van der Waals surface area contributed by atoms with Crippen molar-refractivity contribution < 1.29 is 0 Å². The van der Waals surface area contributed by atoms with E-state index in [0.717, 1.165) is 54.3 Å². The van der Waals surface area contributed by atoms with Gasteiger partial charge in [-0.15, -0.1) is 0 Å². The van der Waals surface area contributed by atoms with Crippen molar-refractivity contribution in [3.63, 3.8) is 0 Å². The minimum absolute atomic E-state index is 0.812. The van der Waals surface area contributed by atoms with Crippen LogP contribution in [0.1, 0.15) is 33.4 Å². The fraction of sp³-hybridized carbons (Fsp3) is 0.0702. The van der Waals surface area contributed by atoms with Crippen LogP contribution >= 0.6 is 0 Å². The molecule has 298 valence electrons. The van der Waals surface area contributed by atoms with Gasteiger partial charge in [-0.05, 0) is 93.6 Å². The van der Waals surface area contributed by atoms with E-state index in [1.54, 1.807) is 0 Å². The number of nitrogens with zero attached hydrogens (tertiary/aromatic N) is 4. The number of allylic oxidation sites excluding steroid dienone is 3. The van der Waals surface area contributed by atoms with Crippen LogP contribution in [0.25, 0.3) is 5.57 Å². The summed E-state index contributed by atoms with van der Waals surface area (Å²) in [4.78, 5) is 4.89. The first-order valence-corrected chi connectivity index (χ1v) is 20.9. The summed E-state index contributed by atoms with van der Waals surface area (Å²) in [6, 6.07) is 81.3. The van der Waals surface area contributed by atoms with E-state index in [9.17, 15) is 0 Å². The molecule has 0 saturated heterocycles. The molecular weight excluding hydrogens is 741 g/mol. The van der Waals surface area contributed by atoms with E-state index in [2.05, 4.69) is 216 Å². The highest BCUT2D eigenvalue weighted by atomic mass is 15.5. The van der Waals surface area contributed by atoms with E-state index in [4.69, 9.17) is 5.10 Å². The molecule has 0 N–H and O–H groups in total. The largest absolute Gasteiger partial charge is 0.363 e. The van der Waals surface area contributed by atoms with Crippen molar-refractivity contribution >= 4 is 34.5 Å². The van der Waals surface area contributed by atoms with Gasteiger partial charge in [0.25, 0.3) is 0 Å². The lowest BCUT2D eigenvalue weighted by Crippen LogP contribution is -2.22. The smallest absolute Gasteiger partial charge is 0.0652 e. The second kappa shape index (κ2) is 20.8. The van der Waals surface area contributed by atoms with Crippen LogP contribution < -0.4 is 14.8 Å². The fourth-order valence-corrected chi connectivity index (χ4v) is 7.48. The number of benzene rings is 8. The summed E-state index contributed by atoms with van der Waals surface area (Å²) in [6.07, 6.45) is 8.15. The standard InChI is InChI=1S/C57H50N4/c1-7-21-47(22-8-1)43-59(44-48-23-9-2-10-24-48)53-38-34-51(35-39-53)57(33-19-20-42-58-61(55-29-15-5-16-30-55)56-31-17-6-18-32-56)52-36-40-54(41-37-52)60(45-49-25-11-3-12-26-49)46-50-27-13-4-14-28-50/h1-42H,43-46H2. The average molecular weight is 791 g/mol. The Kier molecular flexibility index (Phi) is 13.7. The lowest BCUT2D eigenvalue weighted by Gasteiger charge is -2.26. The summed E-state index contributed by atoms with van der Waals surface area (Å²) in [5.41, 5.74) is 12.9. The molecule has 0 radical (unpaired) electrons. The van der Waals surface area contributed by atoms with Gasteiger partial charge in [-0.25, -0.2) is 5.01 Å². The minimum atomic E-state index is 0.812. The molecule has 8 aromatic rings. The zero-order valence-electron chi connectivity index (χ0n) is 34.4. The van der Waals surface area contributed by atoms with Gasteiger partial charge in [0.2, 0.25) is 0 Å². The third-order valence-electron chi connectivity index (χ3n) is 10.6. The molecule has 4 heteroatoms. The van der Waals surface area contributed by atoms with Gasteiger partial charge < -0.3 is 9.80 Å². The monoisotopic (exact) mass is 790 g/mol. The lowest BCUT2D eigenvalue weighted by molar-refractivity contribution is 0.800. The lowest BCUT2D eigenvalue weighted by atomic mass is 9.96. The Hall–Kier alpha value is -7.69. The highest BCUT2D eigenvalue weighted by Crippen LogP contribution is 2.31. The van der Waals surface area contributed by atoms with Crippen LogP contribution in [0.5, 0.6) is 0 Å². The first-order valence-electron chi connectivity index (χ1n) is 20.9. The molecule has 0 aromatic heterocycles. The van der Waals surface area contributed by atoms with Crippen LogP contribution in [0.2, 0.25) is 0 Å². The van der Waals surface area contributed by atoms with Crippen molar-refractivity contribution in [1.29, 1.82) is 0 Å². The molecule has 4 nitrogen and oxygen atoms in total. The van der Waals surface area contributed by atoms with Crippen LogP contribution in [-0.4, -0.2) is 6.21 Å². The second-order valence-corrected chi connectivity index (χ2v) is 15.0. The van der Waals surface area contributed by atoms with E-state index < -0.39 is 0 Å². The van der Waals surface area contributed by atoms with Crippen LogP contribution in [0, 0.1) is 0 Å². The fourth-order valence-electron chi connectivity index (χ4n) is 7.48. The molecule has 0 saturated carbocycles. The maximum Gasteiger partial charge on any atom is 0.0652 e. The highest BCUT2D eigenvalue weighted by molar-refractivity contribution is 5.83. The Morgan fingerprint density at radius 3 is 0.967 bits per heavy atom. The first-order chi connectivity index (χ1) is 30.2. The van der Waals surface area contributed by atoms with Crippen molar-refractivity contribution in [3.8, 4) is 0 Å². The van der Waals surface area contributed by atoms with Crippen molar-refractivity contribution in [2.24, 2.45) is 5.10 Å². The van der Waals surface area contributed by atoms with Crippen molar-refractivity contribution in [3.05, 3.63) is 282 Å². The summed E-state index contributed by atoms with van der Waals surface area (Å²) < 4.78 is 0. The van der Waals surface area contributed by atoms with E-state index in [0.29, 0.717) is 0 Å². The zero-order chi connectivity index (χ0) is 41.3.